The third-order valence-corrected chi connectivity index (χ3v) is 2.49. The second-order valence-electron chi connectivity index (χ2n) is 3.63. The monoisotopic (exact) mass is 161 g/mol. The van der Waals surface area contributed by atoms with Crippen LogP contribution in [0.2, 0.25) is 0 Å². The van der Waals surface area contributed by atoms with E-state index in [9.17, 15) is 0 Å². The van der Waals surface area contributed by atoms with Gasteiger partial charge in [-0.3, -0.25) is 4.84 Å². The van der Waals surface area contributed by atoms with Crippen LogP contribution in [0.25, 0.3) is 0 Å². The molecule has 1 aliphatic rings. The molecule has 1 rings (SSSR count). The summed E-state index contributed by atoms with van der Waals surface area (Å²) in [5, 5.41) is 0. The number of hydroxylamine groups is 1. The topological polar surface area (TPSA) is 12.5 Å². The first-order chi connectivity index (χ1) is 4.49. The molecule has 0 saturated carbocycles. The predicted octanol–water partition coefficient (Wildman–Crippen LogP) is 2.07. The van der Waals surface area contributed by atoms with E-state index >= 15 is 0 Å². The van der Waals surface area contributed by atoms with E-state index in [0.29, 0.717) is 6.04 Å². The Balaban J connectivity index is 2.26. The maximum atomic E-state index is 5.58. The lowest BCUT2D eigenvalue weighted by atomic mass is 10.2. The van der Waals surface area contributed by atoms with Gasteiger partial charge in [-0.15, -0.1) is 4.47 Å². The predicted molar refractivity (Wildman–Crippen MR) is 44.6 cm³/mol. The standard InChI is InChI=1S/C7H15NOS/c1-6-5-10-8(6)9-7(2,3)4/h6H,5H2,1-4H3/t6-/m1/s1. The lowest BCUT2D eigenvalue weighted by molar-refractivity contribution is -0.186. The molecular formula is C7H15NOS. The van der Waals surface area contributed by atoms with Gasteiger partial charge in [0.1, 0.15) is 0 Å². The van der Waals surface area contributed by atoms with E-state index in [-0.39, 0.29) is 5.60 Å². The van der Waals surface area contributed by atoms with Crippen molar-refractivity contribution in [3.05, 3.63) is 0 Å². The molecule has 1 atom stereocenters. The van der Waals surface area contributed by atoms with Crippen molar-refractivity contribution in [1.82, 2.24) is 4.47 Å². The van der Waals surface area contributed by atoms with Crippen molar-refractivity contribution in [1.29, 1.82) is 0 Å². The Labute approximate surface area is 67.0 Å². The largest absolute Gasteiger partial charge is 0.282 e. The van der Waals surface area contributed by atoms with Crippen molar-refractivity contribution < 1.29 is 4.84 Å². The van der Waals surface area contributed by atoms with Gasteiger partial charge in [-0.25, -0.2) is 0 Å². The number of hydrogen-bond donors (Lipinski definition) is 0. The molecule has 10 heavy (non-hydrogen) atoms. The quantitative estimate of drug-likeness (QED) is 0.546. The molecular weight excluding hydrogens is 146 g/mol. The Morgan fingerprint density at radius 2 is 2.10 bits per heavy atom. The van der Waals surface area contributed by atoms with E-state index in [1.54, 1.807) is 11.9 Å². The number of nitrogens with zero attached hydrogens (tertiary/aromatic N) is 1. The van der Waals surface area contributed by atoms with E-state index < -0.39 is 0 Å². The summed E-state index contributed by atoms with van der Waals surface area (Å²) in [4.78, 5) is 5.58. The second-order valence-corrected chi connectivity index (χ2v) is 4.59. The van der Waals surface area contributed by atoms with Gasteiger partial charge in [0.15, 0.2) is 0 Å². The van der Waals surface area contributed by atoms with Crippen LogP contribution >= 0.6 is 11.9 Å². The molecule has 2 nitrogen and oxygen atoms in total. The minimum atomic E-state index is -0.0400. The molecule has 0 amide bonds. The lowest BCUT2D eigenvalue weighted by Gasteiger charge is -2.39. The van der Waals surface area contributed by atoms with Crippen LogP contribution in [0.5, 0.6) is 0 Å². The molecule has 60 valence electrons. The van der Waals surface area contributed by atoms with E-state index in [2.05, 4.69) is 27.7 Å². The molecule has 1 saturated heterocycles. The summed E-state index contributed by atoms with van der Waals surface area (Å²) in [5.74, 6) is 1.19. The highest BCUT2D eigenvalue weighted by Gasteiger charge is 2.29. The molecule has 1 fully saturated rings. The fourth-order valence-electron chi connectivity index (χ4n) is 0.671. The molecule has 1 aliphatic heterocycles. The zero-order valence-electron chi connectivity index (χ0n) is 7.05. The van der Waals surface area contributed by atoms with Crippen LogP contribution in [-0.2, 0) is 4.84 Å². The summed E-state index contributed by atoms with van der Waals surface area (Å²) in [6.45, 7) is 8.37. The Morgan fingerprint density at radius 1 is 1.50 bits per heavy atom. The molecule has 3 heteroatoms. The van der Waals surface area contributed by atoms with E-state index in [1.807, 2.05) is 4.47 Å². The minimum Gasteiger partial charge on any atom is -0.282 e. The van der Waals surface area contributed by atoms with E-state index in [1.165, 1.54) is 5.75 Å². The van der Waals surface area contributed by atoms with Crippen LogP contribution < -0.4 is 0 Å². The lowest BCUT2D eigenvalue weighted by Crippen LogP contribution is -2.43. The maximum Gasteiger partial charge on any atom is 0.0827 e. The molecule has 0 aromatic heterocycles. The second kappa shape index (κ2) is 2.72. The normalized spacial score (nSPS) is 28.2. The van der Waals surface area contributed by atoms with Crippen molar-refractivity contribution in [2.24, 2.45) is 0 Å². The molecule has 0 N–H and O–H groups in total. The van der Waals surface area contributed by atoms with E-state index in [4.69, 9.17) is 4.84 Å². The van der Waals surface area contributed by atoms with Crippen molar-refractivity contribution in [2.45, 2.75) is 39.3 Å². The first-order valence-corrected chi connectivity index (χ1v) is 4.54. The Morgan fingerprint density at radius 3 is 2.20 bits per heavy atom. The number of hydrogen-bond acceptors (Lipinski definition) is 3. The first kappa shape index (κ1) is 8.37. The molecule has 0 radical (unpaired) electrons. The summed E-state index contributed by atoms with van der Waals surface area (Å²) in [6.07, 6.45) is 0. The highest BCUT2D eigenvalue weighted by molar-refractivity contribution is 7.98. The van der Waals surface area contributed by atoms with Gasteiger partial charge in [0.25, 0.3) is 0 Å². The zero-order valence-corrected chi connectivity index (χ0v) is 7.86. The molecule has 0 spiro atoms. The minimum absolute atomic E-state index is 0.0400. The molecule has 1 heterocycles. The van der Waals surface area contributed by atoms with Gasteiger partial charge >= 0.3 is 0 Å². The highest BCUT2D eigenvalue weighted by Crippen LogP contribution is 2.31. The number of rotatable bonds is 1. The Bertz CT molecular complexity index is 121. The van der Waals surface area contributed by atoms with Gasteiger partial charge < -0.3 is 0 Å². The van der Waals surface area contributed by atoms with Crippen molar-refractivity contribution >= 4 is 11.9 Å². The smallest absolute Gasteiger partial charge is 0.0827 e. The maximum absolute atomic E-state index is 5.58. The van der Waals surface area contributed by atoms with Crippen molar-refractivity contribution in [2.75, 3.05) is 5.75 Å². The van der Waals surface area contributed by atoms with Gasteiger partial charge in [0.2, 0.25) is 0 Å². The van der Waals surface area contributed by atoms with Crippen LogP contribution in [0.15, 0.2) is 0 Å². The SMILES string of the molecule is C[C@@H]1CSN1OC(C)(C)C. The molecule has 0 aromatic carbocycles. The van der Waals surface area contributed by atoms with Crippen molar-refractivity contribution in [3.63, 3.8) is 0 Å². The Kier molecular flexibility index (Phi) is 2.28. The van der Waals surface area contributed by atoms with E-state index in [0.717, 1.165) is 0 Å². The third kappa shape index (κ3) is 2.15. The molecule has 0 unspecified atom stereocenters. The van der Waals surface area contributed by atoms with Crippen LogP contribution in [0.3, 0.4) is 0 Å². The summed E-state index contributed by atoms with van der Waals surface area (Å²) in [5.41, 5.74) is -0.0400. The fourth-order valence-corrected chi connectivity index (χ4v) is 1.52. The fraction of sp³-hybridized carbons (Fsp3) is 1.00. The summed E-state index contributed by atoms with van der Waals surface area (Å²) < 4.78 is 1.97. The van der Waals surface area contributed by atoms with Gasteiger partial charge in [-0.1, -0.05) is 0 Å². The van der Waals surface area contributed by atoms with Crippen LogP contribution in [0.4, 0.5) is 0 Å². The third-order valence-electron chi connectivity index (χ3n) is 1.17. The van der Waals surface area contributed by atoms with Gasteiger partial charge in [0, 0.05) is 5.75 Å². The average molecular weight is 161 g/mol. The van der Waals surface area contributed by atoms with Gasteiger partial charge in [0.05, 0.1) is 11.6 Å². The zero-order chi connectivity index (χ0) is 7.78. The molecule has 0 aromatic rings. The summed E-state index contributed by atoms with van der Waals surface area (Å²) in [7, 11) is 0. The Hall–Kier alpha value is 0.270. The van der Waals surface area contributed by atoms with Crippen molar-refractivity contribution in [3.8, 4) is 0 Å². The molecule has 0 aliphatic carbocycles. The summed E-state index contributed by atoms with van der Waals surface area (Å²) in [6, 6.07) is 0.587. The van der Waals surface area contributed by atoms with Gasteiger partial charge in [-0.05, 0) is 39.6 Å². The first-order valence-electron chi connectivity index (χ1n) is 3.60. The molecule has 0 bridgehead atoms. The van der Waals surface area contributed by atoms with Crippen LogP contribution in [0.1, 0.15) is 27.7 Å². The van der Waals surface area contributed by atoms with Gasteiger partial charge in [-0.2, -0.15) is 0 Å². The van der Waals surface area contributed by atoms with Crippen LogP contribution in [-0.4, -0.2) is 21.9 Å². The summed E-state index contributed by atoms with van der Waals surface area (Å²) >= 11 is 1.75. The average Bonchev–Trinajstić information content (AvgIpc) is 1.78. The highest BCUT2D eigenvalue weighted by atomic mass is 32.2. The van der Waals surface area contributed by atoms with Crippen LogP contribution in [0, 0.1) is 0 Å².